The maximum absolute atomic E-state index is 14.2. The summed E-state index contributed by atoms with van der Waals surface area (Å²) in [4.78, 5) is 35.7. The average Bonchev–Trinajstić information content (AvgIpc) is 3.11. The molecule has 0 spiro atoms. The largest absolute Gasteiger partial charge is 0.378 e. The van der Waals surface area contributed by atoms with Crippen LogP contribution < -0.4 is 10.2 Å². The predicted molar refractivity (Wildman–Crippen MR) is 184 cm³/mol. The van der Waals surface area contributed by atoms with Gasteiger partial charge >= 0.3 is 0 Å². The van der Waals surface area contributed by atoms with Crippen LogP contribution in [0.2, 0.25) is 0 Å². The molecule has 1 atom stereocenters. The standard InChI is InChI=1S/C37H37N5O4S/c1-40(2)31-17-15-29(16-18-31)37(44)41-22-23-42(47(45,46)32-19-20-34-30(24-32)14-9-21-38-34)35(26-41)36(43)39-25-33(27-10-5-3-6-11-27)28-12-7-4-8-13-28/h3-21,24,33,35H,22-23,25-26H2,1-2H3,(H,39,43). The van der Waals surface area contributed by atoms with Crippen LogP contribution in [0.25, 0.3) is 10.9 Å². The Bertz CT molecular complexity index is 1930. The number of nitrogens with one attached hydrogen (secondary N) is 1. The highest BCUT2D eigenvalue weighted by molar-refractivity contribution is 7.89. The Morgan fingerprint density at radius 3 is 2.15 bits per heavy atom. The van der Waals surface area contributed by atoms with Crippen molar-refractivity contribution in [2.45, 2.75) is 16.9 Å². The average molecular weight is 648 g/mol. The van der Waals surface area contributed by atoms with Crippen molar-refractivity contribution in [2.24, 2.45) is 0 Å². The van der Waals surface area contributed by atoms with Crippen LogP contribution in [-0.4, -0.2) is 80.7 Å². The number of anilines is 1. The molecule has 0 radical (unpaired) electrons. The molecule has 4 aromatic carbocycles. The number of aromatic nitrogens is 1. The van der Waals surface area contributed by atoms with Crippen molar-refractivity contribution in [2.75, 3.05) is 45.2 Å². The van der Waals surface area contributed by atoms with Gasteiger partial charge in [-0.05, 0) is 59.7 Å². The number of sulfonamides is 1. The number of piperazine rings is 1. The van der Waals surface area contributed by atoms with Gasteiger partial charge in [0, 0.05) is 69.0 Å². The van der Waals surface area contributed by atoms with Crippen LogP contribution in [0.5, 0.6) is 0 Å². The molecule has 1 fully saturated rings. The molecular formula is C37H37N5O4S. The summed E-state index contributed by atoms with van der Waals surface area (Å²) < 4.78 is 29.6. The second-order valence-corrected chi connectivity index (χ2v) is 13.7. The van der Waals surface area contributed by atoms with E-state index < -0.39 is 22.0 Å². The van der Waals surface area contributed by atoms with E-state index in [-0.39, 0.29) is 42.9 Å². The third kappa shape index (κ3) is 6.89. The van der Waals surface area contributed by atoms with E-state index in [4.69, 9.17) is 0 Å². The number of nitrogens with zero attached hydrogens (tertiary/aromatic N) is 4. The Labute approximate surface area is 275 Å². The van der Waals surface area contributed by atoms with E-state index in [0.29, 0.717) is 16.5 Å². The molecule has 1 aromatic heterocycles. The fourth-order valence-electron chi connectivity index (χ4n) is 6.01. The maximum Gasteiger partial charge on any atom is 0.253 e. The number of rotatable bonds is 9. The number of carbonyl (C=O) groups is 2. The van der Waals surface area contributed by atoms with Gasteiger partial charge in [-0.2, -0.15) is 4.31 Å². The lowest BCUT2D eigenvalue weighted by Gasteiger charge is -2.40. The van der Waals surface area contributed by atoms with Gasteiger partial charge in [0.1, 0.15) is 6.04 Å². The van der Waals surface area contributed by atoms with E-state index in [1.807, 2.05) is 91.8 Å². The van der Waals surface area contributed by atoms with Crippen LogP contribution in [0.1, 0.15) is 27.4 Å². The Morgan fingerprint density at radius 2 is 1.51 bits per heavy atom. The first-order chi connectivity index (χ1) is 22.7. The third-order valence-corrected chi connectivity index (χ3v) is 10.5. The molecule has 240 valence electrons. The van der Waals surface area contributed by atoms with Crippen molar-refractivity contribution in [1.29, 1.82) is 0 Å². The van der Waals surface area contributed by atoms with Gasteiger partial charge in [0.25, 0.3) is 5.91 Å². The van der Waals surface area contributed by atoms with Crippen LogP contribution in [0.3, 0.4) is 0 Å². The van der Waals surface area contributed by atoms with Crippen molar-refractivity contribution in [3.63, 3.8) is 0 Å². The summed E-state index contributed by atoms with van der Waals surface area (Å²) >= 11 is 0. The van der Waals surface area contributed by atoms with Gasteiger partial charge in [-0.15, -0.1) is 0 Å². The zero-order valence-electron chi connectivity index (χ0n) is 26.4. The molecule has 2 amide bonds. The van der Waals surface area contributed by atoms with Crippen molar-refractivity contribution < 1.29 is 18.0 Å². The summed E-state index contributed by atoms with van der Waals surface area (Å²) in [7, 11) is -0.273. The summed E-state index contributed by atoms with van der Waals surface area (Å²) in [6.45, 7) is 0.269. The normalized spacial score (nSPS) is 15.5. The predicted octanol–water partition coefficient (Wildman–Crippen LogP) is 4.76. The molecule has 1 saturated heterocycles. The summed E-state index contributed by atoms with van der Waals surface area (Å²) in [5.74, 6) is -0.877. The van der Waals surface area contributed by atoms with Gasteiger partial charge in [0.2, 0.25) is 15.9 Å². The Hall–Kier alpha value is -5.06. The highest BCUT2D eigenvalue weighted by atomic mass is 32.2. The van der Waals surface area contributed by atoms with Crippen molar-refractivity contribution >= 4 is 38.4 Å². The van der Waals surface area contributed by atoms with E-state index in [0.717, 1.165) is 16.8 Å². The Balaban J connectivity index is 1.30. The van der Waals surface area contributed by atoms with Crippen LogP contribution in [0, 0.1) is 0 Å². The molecule has 2 heterocycles. The lowest BCUT2D eigenvalue weighted by molar-refractivity contribution is -0.126. The van der Waals surface area contributed by atoms with Crippen LogP contribution in [0.15, 0.2) is 126 Å². The van der Waals surface area contributed by atoms with E-state index in [1.165, 1.54) is 10.4 Å². The first-order valence-corrected chi connectivity index (χ1v) is 17.0. The molecule has 1 N–H and O–H groups in total. The van der Waals surface area contributed by atoms with E-state index >= 15 is 0 Å². The number of fused-ring (bicyclic) bond motifs is 1. The van der Waals surface area contributed by atoms with Crippen LogP contribution in [-0.2, 0) is 14.8 Å². The van der Waals surface area contributed by atoms with Crippen molar-refractivity contribution in [3.05, 3.63) is 138 Å². The topological polar surface area (TPSA) is 103 Å². The highest BCUT2D eigenvalue weighted by Gasteiger charge is 2.41. The molecule has 6 rings (SSSR count). The molecule has 0 bridgehead atoms. The Kier molecular flexibility index (Phi) is 9.33. The number of benzene rings is 4. The summed E-state index contributed by atoms with van der Waals surface area (Å²) in [5, 5.41) is 3.73. The van der Waals surface area contributed by atoms with Gasteiger partial charge in [0.15, 0.2) is 0 Å². The summed E-state index contributed by atoms with van der Waals surface area (Å²) in [6.07, 6.45) is 1.65. The second kappa shape index (κ2) is 13.7. The van der Waals surface area contributed by atoms with Gasteiger partial charge < -0.3 is 15.1 Å². The minimum Gasteiger partial charge on any atom is -0.378 e. The Morgan fingerprint density at radius 1 is 0.851 bits per heavy atom. The summed E-state index contributed by atoms with van der Waals surface area (Å²) in [6, 6.07) is 34.2. The molecule has 1 aliphatic heterocycles. The van der Waals surface area contributed by atoms with Gasteiger partial charge in [-0.1, -0.05) is 66.7 Å². The van der Waals surface area contributed by atoms with E-state index in [1.54, 1.807) is 47.5 Å². The van der Waals surface area contributed by atoms with Crippen molar-refractivity contribution in [1.82, 2.24) is 19.5 Å². The zero-order chi connectivity index (χ0) is 33.0. The quantitative estimate of drug-likeness (QED) is 0.248. The van der Waals surface area contributed by atoms with Crippen LogP contribution in [0.4, 0.5) is 5.69 Å². The third-order valence-electron chi connectivity index (χ3n) is 8.62. The van der Waals surface area contributed by atoms with E-state index in [9.17, 15) is 18.0 Å². The molecule has 9 nitrogen and oxygen atoms in total. The minimum atomic E-state index is -4.12. The highest BCUT2D eigenvalue weighted by Crippen LogP contribution is 2.27. The fraction of sp³-hybridized carbons (Fsp3) is 0.216. The number of amides is 2. The zero-order valence-corrected chi connectivity index (χ0v) is 27.2. The van der Waals surface area contributed by atoms with Gasteiger partial charge in [-0.3, -0.25) is 14.6 Å². The van der Waals surface area contributed by atoms with Crippen molar-refractivity contribution in [3.8, 4) is 0 Å². The molecule has 47 heavy (non-hydrogen) atoms. The first kappa shape index (κ1) is 31.9. The molecule has 0 aliphatic carbocycles. The van der Waals surface area contributed by atoms with Crippen LogP contribution >= 0.6 is 0 Å². The molecule has 0 saturated carbocycles. The molecular weight excluding hydrogens is 611 g/mol. The second-order valence-electron chi connectivity index (χ2n) is 11.8. The number of pyridine rings is 1. The van der Waals surface area contributed by atoms with Gasteiger partial charge in [-0.25, -0.2) is 8.42 Å². The molecule has 5 aromatic rings. The summed E-state index contributed by atoms with van der Waals surface area (Å²) in [5.41, 5.74) is 4.14. The lowest BCUT2D eigenvalue weighted by atomic mass is 9.91. The fourth-order valence-corrected chi connectivity index (χ4v) is 7.61. The lowest BCUT2D eigenvalue weighted by Crippen LogP contribution is -2.61. The number of carbonyl (C=O) groups excluding carboxylic acids is 2. The SMILES string of the molecule is CN(C)c1ccc(C(=O)N2CCN(S(=O)(=O)c3ccc4ncccc4c3)C(C(=O)NCC(c3ccccc3)c3ccccc3)C2)cc1. The molecule has 1 unspecified atom stereocenters. The minimum absolute atomic E-state index is 0.0339. The smallest absolute Gasteiger partial charge is 0.253 e. The van der Waals surface area contributed by atoms with Gasteiger partial charge in [0.05, 0.1) is 10.4 Å². The van der Waals surface area contributed by atoms with E-state index in [2.05, 4.69) is 10.3 Å². The number of hydrogen-bond donors (Lipinski definition) is 1. The molecule has 1 aliphatic rings. The molecule has 10 heteroatoms. The monoisotopic (exact) mass is 647 g/mol. The first-order valence-electron chi connectivity index (χ1n) is 15.5. The number of hydrogen-bond acceptors (Lipinski definition) is 6. The maximum atomic E-state index is 14.2.